The van der Waals surface area contributed by atoms with Crippen LogP contribution in [0.15, 0.2) is 0 Å². The largest absolute Gasteiger partial charge is 0.373 e. The Hall–Kier alpha value is -0.430. The summed E-state index contributed by atoms with van der Waals surface area (Å²) < 4.78 is 6.80. The van der Waals surface area contributed by atoms with E-state index >= 15 is 0 Å². The number of anilines is 1. The van der Waals surface area contributed by atoms with Crippen LogP contribution in [-0.2, 0) is 4.74 Å². The molecule has 2 rings (SSSR count). The van der Waals surface area contributed by atoms with E-state index in [4.69, 9.17) is 4.74 Å². The zero-order valence-electron chi connectivity index (χ0n) is 11.9. The van der Waals surface area contributed by atoms with Crippen LogP contribution in [0.3, 0.4) is 0 Å². The van der Waals surface area contributed by atoms with Gasteiger partial charge in [0, 0.05) is 14.2 Å². The van der Waals surface area contributed by atoms with Crippen molar-refractivity contribution in [2.45, 2.75) is 45.1 Å². The van der Waals surface area contributed by atoms with E-state index in [9.17, 15) is 0 Å². The van der Waals surface area contributed by atoms with E-state index in [0.29, 0.717) is 5.92 Å². The van der Waals surface area contributed by atoms with Crippen LogP contribution in [0.4, 0.5) is 5.82 Å². The van der Waals surface area contributed by atoms with Crippen molar-refractivity contribution in [1.29, 1.82) is 0 Å². The molecule has 0 bridgehead atoms. The van der Waals surface area contributed by atoms with E-state index in [0.717, 1.165) is 20.9 Å². The van der Waals surface area contributed by atoms with Crippen LogP contribution in [0, 0.1) is 16.4 Å². The highest BCUT2D eigenvalue weighted by atomic mass is 127. The normalized spacial score (nSPS) is 18.3. The van der Waals surface area contributed by atoms with Gasteiger partial charge in [0.05, 0.1) is 9.26 Å². The topological polar surface area (TPSA) is 47.0 Å². The van der Waals surface area contributed by atoms with Crippen LogP contribution >= 0.6 is 22.6 Å². The Bertz CT molecular complexity index is 433. The molecule has 1 aromatic heterocycles. The van der Waals surface area contributed by atoms with E-state index in [1.165, 1.54) is 32.1 Å². The third-order valence-corrected chi connectivity index (χ3v) is 5.15. The van der Waals surface area contributed by atoms with Crippen LogP contribution in [0.1, 0.15) is 49.7 Å². The van der Waals surface area contributed by atoms with Crippen LogP contribution < -0.4 is 5.32 Å². The predicted octanol–water partition coefficient (Wildman–Crippen LogP) is 3.70. The first kappa shape index (κ1) is 15.0. The van der Waals surface area contributed by atoms with Crippen LogP contribution in [0.25, 0.3) is 0 Å². The third-order valence-electron chi connectivity index (χ3n) is 3.86. The van der Waals surface area contributed by atoms with Crippen LogP contribution in [0.2, 0.25) is 0 Å². The summed E-state index contributed by atoms with van der Waals surface area (Å²) in [4.78, 5) is 9.29. The molecule has 1 N–H and O–H groups in total. The lowest BCUT2D eigenvalue weighted by Gasteiger charge is -2.28. The van der Waals surface area contributed by atoms with E-state index in [1.807, 2.05) is 14.0 Å². The van der Waals surface area contributed by atoms with Gasteiger partial charge in [-0.3, -0.25) is 0 Å². The van der Waals surface area contributed by atoms with Gasteiger partial charge < -0.3 is 10.1 Å². The standard InChI is InChI=1S/C14H22IN3O/c1-9-11(15)13(16-2)18-14(17-9)12(19-3)10-7-5-4-6-8-10/h10,12H,4-8H2,1-3H3,(H,16,17,18). The van der Waals surface area contributed by atoms with Crippen molar-refractivity contribution < 1.29 is 4.74 Å². The quantitative estimate of drug-likeness (QED) is 0.816. The van der Waals surface area contributed by atoms with Gasteiger partial charge in [-0.2, -0.15) is 0 Å². The lowest BCUT2D eigenvalue weighted by atomic mass is 9.85. The third kappa shape index (κ3) is 3.37. The Kier molecular flexibility index (Phi) is 5.38. The Labute approximate surface area is 128 Å². The van der Waals surface area contributed by atoms with Gasteiger partial charge in [0.15, 0.2) is 5.82 Å². The van der Waals surface area contributed by atoms with Gasteiger partial charge in [-0.1, -0.05) is 19.3 Å². The van der Waals surface area contributed by atoms with E-state index in [-0.39, 0.29) is 6.10 Å². The highest BCUT2D eigenvalue weighted by Gasteiger charge is 2.28. The Morgan fingerprint density at radius 2 is 1.95 bits per heavy atom. The molecule has 1 heterocycles. The molecular formula is C14H22IN3O. The summed E-state index contributed by atoms with van der Waals surface area (Å²) in [7, 11) is 3.67. The van der Waals surface area contributed by atoms with Gasteiger partial charge in [0.25, 0.3) is 0 Å². The molecule has 0 saturated heterocycles. The van der Waals surface area contributed by atoms with Crippen molar-refractivity contribution in [3.8, 4) is 0 Å². The molecule has 1 aliphatic carbocycles. The van der Waals surface area contributed by atoms with Crippen molar-refractivity contribution in [3.63, 3.8) is 0 Å². The minimum atomic E-state index is 0.0306. The number of rotatable bonds is 4. The molecule has 4 nitrogen and oxygen atoms in total. The molecule has 0 spiro atoms. The maximum absolute atomic E-state index is 5.71. The van der Waals surface area contributed by atoms with Crippen molar-refractivity contribution in [2.75, 3.05) is 19.5 Å². The first-order valence-electron chi connectivity index (χ1n) is 6.92. The lowest BCUT2D eigenvalue weighted by molar-refractivity contribution is 0.0289. The fourth-order valence-electron chi connectivity index (χ4n) is 2.82. The van der Waals surface area contributed by atoms with Crippen LogP contribution in [0.5, 0.6) is 0 Å². The maximum Gasteiger partial charge on any atom is 0.160 e. The molecule has 1 atom stereocenters. The molecular weight excluding hydrogens is 353 g/mol. The van der Waals surface area contributed by atoms with Gasteiger partial charge in [-0.15, -0.1) is 0 Å². The summed E-state index contributed by atoms with van der Waals surface area (Å²) in [5, 5.41) is 3.14. The summed E-state index contributed by atoms with van der Waals surface area (Å²) in [5.74, 6) is 2.29. The Balaban J connectivity index is 2.29. The average molecular weight is 375 g/mol. The zero-order chi connectivity index (χ0) is 13.8. The van der Waals surface area contributed by atoms with Crippen molar-refractivity contribution in [3.05, 3.63) is 15.1 Å². The SMILES string of the molecule is CNc1nc(C(OC)C2CCCCC2)nc(C)c1I. The second-order valence-electron chi connectivity index (χ2n) is 5.13. The molecule has 19 heavy (non-hydrogen) atoms. The lowest BCUT2D eigenvalue weighted by Crippen LogP contribution is -2.21. The second-order valence-corrected chi connectivity index (χ2v) is 6.21. The fraction of sp³-hybridized carbons (Fsp3) is 0.714. The van der Waals surface area contributed by atoms with E-state index in [1.54, 1.807) is 7.11 Å². The molecule has 5 heteroatoms. The van der Waals surface area contributed by atoms with Crippen molar-refractivity contribution >= 4 is 28.4 Å². The van der Waals surface area contributed by atoms with E-state index in [2.05, 4.69) is 37.9 Å². The molecule has 1 saturated carbocycles. The number of nitrogens with zero attached hydrogens (tertiary/aromatic N) is 2. The molecule has 0 aliphatic heterocycles. The highest BCUT2D eigenvalue weighted by molar-refractivity contribution is 14.1. The summed E-state index contributed by atoms with van der Waals surface area (Å²) >= 11 is 2.28. The smallest absolute Gasteiger partial charge is 0.160 e. The molecule has 1 fully saturated rings. The number of ether oxygens (including phenoxy) is 1. The van der Waals surface area contributed by atoms with Gasteiger partial charge in [-0.25, -0.2) is 9.97 Å². The highest BCUT2D eigenvalue weighted by Crippen LogP contribution is 2.36. The minimum absolute atomic E-state index is 0.0306. The minimum Gasteiger partial charge on any atom is -0.373 e. The van der Waals surface area contributed by atoms with E-state index < -0.39 is 0 Å². The Morgan fingerprint density at radius 3 is 2.53 bits per heavy atom. The van der Waals surface area contributed by atoms with Gasteiger partial charge in [-0.05, 0) is 48.3 Å². The first-order chi connectivity index (χ1) is 9.17. The average Bonchev–Trinajstić information content (AvgIpc) is 2.44. The molecule has 0 aromatic carbocycles. The fourth-order valence-corrected chi connectivity index (χ4v) is 3.33. The number of aromatic nitrogens is 2. The number of hydrogen-bond donors (Lipinski definition) is 1. The van der Waals surface area contributed by atoms with Gasteiger partial charge >= 0.3 is 0 Å². The molecule has 1 unspecified atom stereocenters. The molecule has 0 radical (unpaired) electrons. The first-order valence-corrected chi connectivity index (χ1v) is 7.99. The maximum atomic E-state index is 5.71. The monoisotopic (exact) mass is 375 g/mol. The second kappa shape index (κ2) is 6.83. The summed E-state index contributed by atoms with van der Waals surface area (Å²) in [6.45, 7) is 2.03. The summed E-state index contributed by atoms with van der Waals surface area (Å²) in [5.41, 5.74) is 1.02. The number of halogens is 1. The zero-order valence-corrected chi connectivity index (χ0v) is 14.0. The number of nitrogens with one attached hydrogen (secondary N) is 1. The molecule has 106 valence electrons. The molecule has 1 aromatic rings. The summed E-state index contributed by atoms with van der Waals surface area (Å²) in [6, 6.07) is 0. The van der Waals surface area contributed by atoms with Crippen molar-refractivity contribution in [2.24, 2.45) is 5.92 Å². The number of aryl methyl sites for hydroxylation is 1. The molecule has 1 aliphatic rings. The predicted molar refractivity (Wildman–Crippen MR) is 85.4 cm³/mol. The van der Waals surface area contributed by atoms with Crippen molar-refractivity contribution in [1.82, 2.24) is 9.97 Å². The number of hydrogen-bond acceptors (Lipinski definition) is 4. The van der Waals surface area contributed by atoms with Crippen LogP contribution in [-0.4, -0.2) is 24.1 Å². The number of methoxy groups -OCH3 is 1. The molecule has 0 amide bonds. The summed E-state index contributed by atoms with van der Waals surface area (Å²) in [6.07, 6.45) is 6.42. The van der Waals surface area contributed by atoms with Gasteiger partial charge in [0.2, 0.25) is 0 Å². The Morgan fingerprint density at radius 1 is 1.26 bits per heavy atom. The van der Waals surface area contributed by atoms with Gasteiger partial charge in [0.1, 0.15) is 11.9 Å².